The number of hydrazine groups is 1. The van der Waals surface area contributed by atoms with Gasteiger partial charge in [0.15, 0.2) is 0 Å². The zero-order valence-electron chi connectivity index (χ0n) is 8.88. The Labute approximate surface area is 92.9 Å². The molecule has 84 valence electrons. The molecule has 1 aromatic rings. The van der Waals surface area contributed by atoms with Crippen LogP contribution < -0.4 is 5.43 Å². The second-order valence-electron chi connectivity index (χ2n) is 3.21. The van der Waals surface area contributed by atoms with Gasteiger partial charge in [0.05, 0.1) is 18.8 Å². The highest BCUT2D eigenvalue weighted by molar-refractivity contribution is 5.66. The summed E-state index contributed by atoms with van der Waals surface area (Å²) in [6.45, 7) is 2.55. The molecule has 0 atom stereocenters. The molecule has 1 heterocycles. The molecule has 0 fully saturated rings. The first kappa shape index (κ1) is 10.4. The molecule has 6 nitrogen and oxygen atoms in total. The normalized spacial score (nSPS) is 13.2. The van der Waals surface area contributed by atoms with Gasteiger partial charge in [-0.05, 0) is 13.0 Å². The van der Waals surface area contributed by atoms with Crippen LogP contribution in [-0.2, 0) is 11.3 Å². The Morgan fingerprint density at radius 2 is 2.38 bits per heavy atom. The Morgan fingerprint density at radius 3 is 3.19 bits per heavy atom. The Hall–Kier alpha value is -2.11. The number of carbonyl (C=O) groups is 1. The van der Waals surface area contributed by atoms with E-state index in [-0.39, 0.29) is 0 Å². The lowest BCUT2D eigenvalue weighted by molar-refractivity contribution is 0.101. The fourth-order valence-corrected chi connectivity index (χ4v) is 1.37. The van der Waals surface area contributed by atoms with E-state index in [0.29, 0.717) is 13.2 Å². The molecule has 0 bridgehead atoms. The van der Waals surface area contributed by atoms with Gasteiger partial charge in [-0.3, -0.25) is 0 Å². The molecule has 0 saturated heterocycles. The van der Waals surface area contributed by atoms with E-state index in [2.05, 4.69) is 15.8 Å². The smallest absolute Gasteiger partial charge is 0.427 e. The van der Waals surface area contributed by atoms with Crippen LogP contribution in [0.2, 0.25) is 0 Å². The molecule has 0 radical (unpaired) electrons. The number of nitrogens with zero attached hydrogens (tertiary/aromatic N) is 3. The first-order chi connectivity index (χ1) is 7.79. The van der Waals surface area contributed by atoms with Crippen molar-refractivity contribution >= 4 is 11.8 Å². The first-order valence-corrected chi connectivity index (χ1v) is 5.00. The van der Waals surface area contributed by atoms with Crippen LogP contribution in [0.15, 0.2) is 34.6 Å². The quantitative estimate of drug-likeness (QED) is 0.830. The summed E-state index contributed by atoms with van der Waals surface area (Å²) < 4.78 is 4.74. The topological polar surface area (TPSA) is 66.3 Å². The van der Waals surface area contributed by atoms with E-state index in [1.807, 2.05) is 24.3 Å². The van der Waals surface area contributed by atoms with E-state index in [1.54, 1.807) is 6.92 Å². The number of fused-ring (bicyclic) bond motifs is 1. The van der Waals surface area contributed by atoms with Crippen molar-refractivity contribution in [1.29, 1.82) is 0 Å². The summed E-state index contributed by atoms with van der Waals surface area (Å²) in [5.41, 5.74) is 4.30. The third kappa shape index (κ3) is 2.28. The Kier molecular flexibility index (Phi) is 3.00. The Balaban J connectivity index is 2.01. The van der Waals surface area contributed by atoms with Gasteiger partial charge < -0.3 is 4.74 Å². The van der Waals surface area contributed by atoms with Crippen molar-refractivity contribution in [2.24, 2.45) is 10.3 Å². The molecule has 0 saturated carbocycles. The molecular weight excluding hydrogens is 208 g/mol. The van der Waals surface area contributed by atoms with E-state index < -0.39 is 6.09 Å². The van der Waals surface area contributed by atoms with Gasteiger partial charge in [-0.1, -0.05) is 23.4 Å². The minimum Gasteiger partial charge on any atom is -0.449 e. The lowest BCUT2D eigenvalue weighted by Gasteiger charge is -2.21. The zero-order chi connectivity index (χ0) is 11.4. The van der Waals surface area contributed by atoms with Crippen molar-refractivity contribution < 1.29 is 9.53 Å². The molecule has 0 aliphatic carbocycles. The summed E-state index contributed by atoms with van der Waals surface area (Å²) >= 11 is 0. The molecule has 6 heteroatoms. The lowest BCUT2D eigenvalue weighted by Crippen LogP contribution is -2.38. The first-order valence-electron chi connectivity index (χ1n) is 5.00. The highest BCUT2D eigenvalue weighted by Crippen LogP contribution is 2.24. The summed E-state index contributed by atoms with van der Waals surface area (Å²) in [6, 6.07) is 7.63. The van der Waals surface area contributed by atoms with Gasteiger partial charge >= 0.3 is 6.09 Å². The molecule has 16 heavy (non-hydrogen) atoms. The summed E-state index contributed by atoms with van der Waals surface area (Å²) in [7, 11) is 0. The van der Waals surface area contributed by atoms with E-state index in [4.69, 9.17) is 4.74 Å². The van der Waals surface area contributed by atoms with E-state index in [0.717, 1.165) is 11.3 Å². The van der Waals surface area contributed by atoms with Crippen LogP contribution in [0, 0.1) is 0 Å². The fraction of sp³-hybridized carbons (Fsp3) is 0.300. The standard InChI is InChI=1S/C10H12N4O2/c1-2-16-10(15)12-14-7-8-5-3-4-6-9(8)11-13-14/h3-6H,2,7H2,1H3,(H,12,15). The van der Waals surface area contributed by atoms with Gasteiger partial charge in [0.2, 0.25) is 0 Å². The molecule has 0 spiro atoms. The molecule has 1 aromatic carbocycles. The predicted molar refractivity (Wildman–Crippen MR) is 56.7 cm³/mol. The minimum absolute atomic E-state index is 0.327. The molecule has 1 aliphatic heterocycles. The van der Waals surface area contributed by atoms with E-state index in [1.165, 1.54) is 5.12 Å². The van der Waals surface area contributed by atoms with Crippen molar-refractivity contribution in [3.63, 3.8) is 0 Å². The van der Waals surface area contributed by atoms with E-state index in [9.17, 15) is 4.79 Å². The molecule has 0 aromatic heterocycles. The monoisotopic (exact) mass is 220 g/mol. The highest BCUT2D eigenvalue weighted by Gasteiger charge is 2.14. The number of benzene rings is 1. The highest BCUT2D eigenvalue weighted by atomic mass is 16.6. The summed E-state index contributed by atoms with van der Waals surface area (Å²) in [6.07, 6.45) is -0.527. The van der Waals surface area contributed by atoms with Gasteiger partial charge in [-0.2, -0.15) is 5.12 Å². The second kappa shape index (κ2) is 4.61. The number of nitrogens with one attached hydrogen (secondary N) is 1. The third-order valence-corrected chi connectivity index (χ3v) is 2.07. The number of rotatable bonds is 2. The van der Waals surface area contributed by atoms with Gasteiger partial charge in [0.1, 0.15) is 0 Å². The molecule has 1 aliphatic rings. The van der Waals surface area contributed by atoms with Crippen LogP contribution >= 0.6 is 0 Å². The van der Waals surface area contributed by atoms with Crippen LogP contribution in [-0.4, -0.2) is 17.8 Å². The maximum absolute atomic E-state index is 11.1. The van der Waals surface area contributed by atoms with Crippen LogP contribution in [0.5, 0.6) is 0 Å². The number of carbonyl (C=O) groups excluding carboxylic acids is 1. The summed E-state index contributed by atoms with van der Waals surface area (Å²) in [5, 5.41) is 9.16. The third-order valence-electron chi connectivity index (χ3n) is 2.07. The van der Waals surface area contributed by atoms with Crippen molar-refractivity contribution in [2.45, 2.75) is 13.5 Å². The Morgan fingerprint density at radius 1 is 1.56 bits per heavy atom. The SMILES string of the molecule is CCOC(=O)NN1Cc2ccccc2N=N1. The number of ether oxygens (including phenoxy) is 1. The summed E-state index contributed by atoms with van der Waals surface area (Å²) in [5.74, 6) is 0. The lowest BCUT2D eigenvalue weighted by atomic mass is 10.2. The zero-order valence-corrected chi connectivity index (χ0v) is 8.88. The van der Waals surface area contributed by atoms with Gasteiger partial charge in [-0.25, -0.2) is 10.2 Å². The van der Waals surface area contributed by atoms with Crippen molar-refractivity contribution in [1.82, 2.24) is 10.5 Å². The van der Waals surface area contributed by atoms with Crippen LogP contribution in [0.3, 0.4) is 0 Å². The number of hydrogen-bond donors (Lipinski definition) is 1. The van der Waals surface area contributed by atoms with Crippen LogP contribution in [0.1, 0.15) is 12.5 Å². The van der Waals surface area contributed by atoms with Crippen molar-refractivity contribution in [2.75, 3.05) is 6.61 Å². The fourth-order valence-electron chi connectivity index (χ4n) is 1.37. The Bertz CT molecular complexity index is 419. The van der Waals surface area contributed by atoms with Crippen molar-refractivity contribution in [3.8, 4) is 0 Å². The maximum atomic E-state index is 11.1. The molecular formula is C10H12N4O2. The second-order valence-corrected chi connectivity index (χ2v) is 3.21. The minimum atomic E-state index is -0.527. The average Bonchev–Trinajstić information content (AvgIpc) is 2.29. The average molecular weight is 220 g/mol. The van der Waals surface area contributed by atoms with Crippen LogP contribution in [0.25, 0.3) is 0 Å². The largest absolute Gasteiger partial charge is 0.449 e. The summed E-state index contributed by atoms with van der Waals surface area (Å²) in [4.78, 5) is 11.1. The predicted octanol–water partition coefficient (Wildman–Crippen LogP) is 2.16. The molecule has 2 rings (SSSR count). The number of hydrogen-bond acceptors (Lipinski definition) is 5. The molecule has 1 N–H and O–H groups in total. The van der Waals surface area contributed by atoms with Gasteiger partial charge in [-0.15, -0.1) is 5.11 Å². The van der Waals surface area contributed by atoms with Crippen molar-refractivity contribution in [3.05, 3.63) is 29.8 Å². The maximum Gasteiger partial charge on any atom is 0.427 e. The molecule has 1 amide bonds. The molecule has 0 unspecified atom stereocenters. The van der Waals surface area contributed by atoms with Gasteiger partial charge in [0.25, 0.3) is 0 Å². The number of amides is 1. The van der Waals surface area contributed by atoms with Gasteiger partial charge in [0, 0.05) is 5.56 Å². The van der Waals surface area contributed by atoms with E-state index >= 15 is 0 Å². The van der Waals surface area contributed by atoms with Crippen LogP contribution in [0.4, 0.5) is 10.5 Å².